The summed E-state index contributed by atoms with van der Waals surface area (Å²) in [4.78, 5) is 0. The Morgan fingerprint density at radius 1 is 1.35 bits per heavy atom. The van der Waals surface area contributed by atoms with Crippen molar-refractivity contribution in [2.75, 3.05) is 13.2 Å². The highest BCUT2D eigenvalue weighted by atomic mass is 19.1. The van der Waals surface area contributed by atoms with Crippen LogP contribution in [-0.2, 0) is 0 Å². The molecule has 1 aromatic rings. The molecule has 0 aromatic heterocycles. The maximum Gasteiger partial charge on any atom is 0.167 e. The molecule has 0 unspecified atom stereocenters. The Labute approximate surface area is 103 Å². The quantitative estimate of drug-likeness (QED) is 0.773. The predicted molar refractivity (Wildman–Crippen MR) is 68.7 cm³/mol. The summed E-state index contributed by atoms with van der Waals surface area (Å²) < 4.78 is 19.0. The van der Waals surface area contributed by atoms with Gasteiger partial charge in [0.1, 0.15) is 0 Å². The second kappa shape index (κ2) is 6.01. The predicted octanol–water partition coefficient (Wildman–Crippen LogP) is 3.28. The SMILES string of the molecule is Cc1cccc(OCCCC(C)(C)CN)c1F. The molecule has 0 spiro atoms. The van der Waals surface area contributed by atoms with Gasteiger partial charge in [0.15, 0.2) is 11.6 Å². The zero-order chi connectivity index (χ0) is 12.9. The average Bonchev–Trinajstić information content (AvgIpc) is 2.30. The lowest BCUT2D eigenvalue weighted by Crippen LogP contribution is -2.24. The topological polar surface area (TPSA) is 35.2 Å². The second-order valence-corrected chi connectivity index (χ2v) is 5.21. The molecule has 0 atom stereocenters. The maximum absolute atomic E-state index is 13.6. The molecule has 17 heavy (non-hydrogen) atoms. The molecule has 0 amide bonds. The normalized spacial score (nSPS) is 11.6. The van der Waals surface area contributed by atoms with Crippen LogP contribution < -0.4 is 10.5 Å². The number of ether oxygens (including phenoxy) is 1. The largest absolute Gasteiger partial charge is 0.491 e. The minimum Gasteiger partial charge on any atom is -0.491 e. The van der Waals surface area contributed by atoms with Crippen LogP contribution in [0, 0.1) is 18.2 Å². The van der Waals surface area contributed by atoms with E-state index in [1.807, 2.05) is 0 Å². The van der Waals surface area contributed by atoms with Gasteiger partial charge < -0.3 is 10.5 Å². The van der Waals surface area contributed by atoms with Gasteiger partial charge in [0.05, 0.1) is 6.61 Å². The molecule has 0 bridgehead atoms. The third-order valence-corrected chi connectivity index (χ3v) is 2.96. The Bertz CT molecular complexity index is 363. The molecule has 0 aliphatic rings. The average molecular weight is 239 g/mol. The minimum atomic E-state index is -0.259. The van der Waals surface area contributed by atoms with Gasteiger partial charge in [0.2, 0.25) is 0 Å². The molecule has 0 fully saturated rings. The summed E-state index contributed by atoms with van der Waals surface area (Å²) in [6.45, 7) is 7.18. The van der Waals surface area contributed by atoms with Crippen molar-refractivity contribution in [1.29, 1.82) is 0 Å². The first-order valence-electron chi connectivity index (χ1n) is 6.04. The van der Waals surface area contributed by atoms with Crippen LogP contribution in [0.15, 0.2) is 18.2 Å². The molecule has 1 rings (SSSR count). The standard InChI is InChI=1S/C14H22FNO/c1-11-6-4-7-12(13(11)15)17-9-5-8-14(2,3)10-16/h4,6-7H,5,8-10,16H2,1-3H3. The summed E-state index contributed by atoms with van der Waals surface area (Å²) in [6, 6.07) is 5.20. The number of hydrogen-bond donors (Lipinski definition) is 1. The molecule has 0 saturated carbocycles. The van der Waals surface area contributed by atoms with Gasteiger partial charge in [-0.2, -0.15) is 0 Å². The molecule has 3 heteroatoms. The third kappa shape index (κ3) is 4.35. The van der Waals surface area contributed by atoms with Gasteiger partial charge in [-0.05, 0) is 43.4 Å². The van der Waals surface area contributed by atoms with Crippen LogP contribution in [0.2, 0.25) is 0 Å². The van der Waals surface area contributed by atoms with Crippen LogP contribution in [0.4, 0.5) is 4.39 Å². The third-order valence-electron chi connectivity index (χ3n) is 2.96. The van der Waals surface area contributed by atoms with Crippen LogP contribution in [0.3, 0.4) is 0 Å². The lowest BCUT2D eigenvalue weighted by Gasteiger charge is -2.21. The van der Waals surface area contributed by atoms with Crippen molar-refractivity contribution in [2.24, 2.45) is 11.1 Å². The molecule has 0 aliphatic heterocycles. The first kappa shape index (κ1) is 14.0. The van der Waals surface area contributed by atoms with Crippen molar-refractivity contribution in [3.05, 3.63) is 29.6 Å². The summed E-state index contributed by atoms with van der Waals surface area (Å²) in [5.74, 6) is 0.0844. The van der Waals surface area contributed by atoms with Gasteiger partial charge in [-0.25, -0.2) is 4.39 Å². The Morgan fingerprint density at radius 3 is 2.71 bits per heavy atom. The van der Waals surface area contributed by atoms with E-state index in [2.05, 4.69) is 13.8 Å². The van der Waals surface area contributed by atoms with Gasteiger partial charge in [0, 0.05) is 0 Å². The molecule has 0 saturated heterocycles. The molecular formula is C14H22FNO. The zero-order valence-electron chi connectivity index (χ0n) is 10.9. The highest BCUT2D eigenvalue weighted by Gasteiger charge is 2.14. The first-order valence-corrected chi connectivity index (χ1v) is 6.04. The summed E-state index contributed by atoms with van der Waals surface area (Å²) in [5, 5.41) is 0. The molecular weight excluding hydrogens is 217 g/mol. The van der Waals surface area contributed by atoms with Crippen molar-refractivity contribution in [3.63, 3.8) is 0 Å². The Morgan fingerprint density at radius 2 is 2.06 bits per heavy atom. The van der Waals surface area contributed by atoms with Crippen molar-refractivity contribution in [3.8, 4) is 5.75 Å². The van der Waals surface area contributed by atoms with Gasteiger partial charge in [-0.3, -0.25) is 0 Å². The van der Waals surface area contributed by atoms with E-state index < -0.39 is 0 Å². The summed E-state index contributed by atoms with van der Waals surface area (Å²) >= 11 is 0. The minimum absolute atomic E-state index is 0.133. The fourth-order valence-electron chi connectivity index (χ4n) is 1.57. The van der Waals surface area contributed by atoms with Crippen molar-refractivity contribution in [1.82, 2.24) is 0 Å². The monoisotopic (exact) mass is 239 g/mol. The molecule has 1 aromatic carbocycles. The summed E-state index contributed by atoms with van der Waals surface area (Å²) in [6.07, 6.45) is 1.87. The fraction of sp³-hybridized carbons (Fsp3) is 0.571. The van der Waals surface area contributed by atoms with Crippen LogP contribution in [0.1, 0.15) is 32.3 Å². The summed E-state index contributed by atoms with van der Waals surface area (Å²) in [7, 11) is 0. The van der Waals surface area contributed by atoms with Crippen molar-refractivity contribution >= 4 is 0 Å². The maximum atomic E-state index is 13.6. The van der Waals surface area contributed by atoms with E-state index in [0.29, 0.717) is 24.5 Å². The van der Waals surface area contributed by atoms with E-state index in [9.17, 15) is 4.39 Å². The van der Waals surface area contributed by atoms with Crippen LogP contribution in [0.5, 0.6) is 5.75 Å². The highest BCUT2D eigenvalue weighted by molar-refractivity contribution is 5.29. The Kier molecular flexibility index (Phi) is 4.94. The number of aryl methyl sites for hydroxylation is 1. The van der Waals surface area contributed by atoms with Gasteiger partial charge in [-0.15, -0.1) is 0 Å². The summed E-state index contributed by atoms with van der Waals surface area (Å²) in [5.41, 5.74) is 6.39. The fourth-order valence-corrected chi connectivity index (χ4v) is 1.57. The van der Waals surface area contributed by atoms with E-state index in [1.165, 1.54) is 0 Å². The number of nitrogens with two attached hydrogens (primary N) is 1. The first-order chi connectivity index (χ1) is 7.96. The Hall–Kier alpha value is -1.09. The van der Waals surface area contributed by atoms with Crippen molar-refractivity contribution < 1.29 is 9.13 Å². The number of benzene rings is 1. The van der Waals surface area contributed by atoms with Crippen LogP contribution in [-0.4, -0.2) is 13.2 Å². The lowest BCUT2D eigenvalue weighted by molar-refractivity contribution is 0.253. The van der Waals surface area contributed by atoms with E-state index in [0.717, 1.165) is 12.8 Å². The molecule has 96 valence electrons. The van der Waals surface area contributed by atoms with Crippen LogP contribution in [0.25, 0.3) is 0 Å². The smallest absolute Gasteiger partial charge is 0.167 e. The second-order valence-electron chi connectivity index (χ2n) is 5.21. The number of halogens is 1. The van der Waals surface area contributed by atoms with E-state index >= 15 is 0 Å². The van der Waals surface area contributed by atoms with E-state index in [-0.39, 0.29) is 11.2 Å². The number of rotatable bonds is 6. The van der Waals surface area contributed by atoms with E-state index in [1.54, 1.807) is 25.1 Å². The molecule has 0 aliphatic carbocycles. The zero-order valence-corrected chi connectivity index (χ0v) is 10.9. The number of hydrogen-bond acceptors (Lipinski definition) is 2. The van der Waals surface area contributed by atoms with Crippen molar-refractivity contribution in [2.45, 2.75) is 33.6 Å². The molecule has 0 heterocycles. The van der Waals surface area contributed by atoms with Gasteiger partial charge in [-0.1, -0.05) is 26.0 Å². The van der Waals surface area contributed by atoms with E-state index in [4.69, 9.17) is 10.5 Å². The molecule has 2 nitrogen and oxygen atoms in total. The highest BCUT2D eigenvalue weighted by Crippen LogP contribution is 2.22. The Balaban J connectivity index is 2.39. The lowest BCUT2D eigenvalue weighted by atomic mass is 9.88. The van der Waals surface area contributed by atoms with Gasteiger partial charge in [0.25, 0.3) is 0 Å². The van der Waals surface area contributed by atoms with Crippen LogP contribution >= 0.6 is 0 Å². The van der Waals surface area contributed by atoms with Gasteiger partial charge >= 0.3 is 0 Å². The molecule has 2 N–H and O–H groups in total. The molecule has 0 radical (unpaired) electrons.